The summed E-state index contributed by atoms with van der Waals surface area (Å²) in [6.07, 6.45) is 0.872. The molecule has 0 aliphatic rings. The molecule has 0 saturated heterocycles. The molecule has 4 heteroatoms. The van der Waals surface area contributed by atoms with Crippen molar-refractivity contribution < 1.29 is 14.7 Å². The summed E-state index contributed by atoms with van der Waals surface area (Å²) in [4.78, 5) is 21.7. The van der Waals surface area contributed by atoms with Gasteiger partial charge in [0.25, 0.3) is 0 Å². The summed E-state index contributed by atoms with van der Waals surface area (Å²) in [5.41, 5.74) is 0. The molecule has 2 unspecified atom stereocenters. The number of carboxylic acid groups (broad SMARTS) is 1. The van der Waals surface area contributed by atoms with Gasteiger partial charge in [0.15, 0.2) is 0 Å². The number of carbonyl (C=O) groups excluding carboxylic acids is 1. The van der Waals surface area contributed by atoms with Gasteiger partial charge in [-0.3, -0.25) is 9.59 Å². The van der Waals surface area contributed by atoms with Crippen LogP contribution in [-0.4, -0.2) is 16.9 Å². The lowest BCUT2D eigenvalue weighted by atomic mass is 9.90. The zero-order chi connectivity index (χ0) is 11.1. The normalized spacial score (nSPS) is 14.1. The van der Waals surface area contributed by atoms with Gasteiger partial charge in [-0.25, -0.2) is 0 Å². The molecule has 0 aromatic heterocycles. The number of hydrogen-bond donors (Lipinski definition) is 1. The number of ketones is 1. The molecule has 0 heterocycles. The van der Waals surface area contributed by atoms with Crippen LogP contribution in [0.15, 0.2) is 0 Å². The molecule has 14 heavy (non-hydrogen) atoms. The summed E-state index contributed by atoms with van der Waals surface area (Å²) in [6, 6.07) is 1.91. The minimum Gasteiger partial charge on any atom is -0.481 e. The number of carbonyl (C=O) groups is 2. The van der Waals surface area contributed by atoms with Gasteiger partial charge in [0, 0.05) is 12.3 Å². The monoisotopic (exact) mass is 197 g/mol. The van der Waals surface area contributed by atoms with Crippen molar-refractivity contribution in [3.8, 4) is 6.07 Å². The average molecular weight is 197 g/mol. The quantitative estimate of drug-likeness (QED) is 0.701. The van der Waals surface area contributed by atoms with Crippen LogP contribution in [0.5, 0.6) is 0 Å². The highest BCUT2D eigenvalue weighted by Gasteiger charge is 2.21. The summed E-state index contributed by atoms with van der Waals surface area (Å²) < 4.78 is 0. The fraction of sp³-hybridized carbons (Fsp3) is 0.700. The molecule has 0 amide bonds. The first-order valence-electron chi connectivity index (χ1n) is 4.59. The minimum atomic E-state index is -0.923. The first kappa shape index (κ1) is 12.6. The van der Waals surface area contributed by atoms with Crippen LogP contribution in [-0.2, 0) is 9.59 Å². The number of carboxylic acids is 1. The molecular formula is C10H15NO3. The predicted octanol–water partition coefficient (Wildman–Crippen LogP) is 1.61. The third-order valence-corrected chi connectivity index (χ3v) is 2.29. The van der Waals surface area contributed by atoms with E-state index in [1.165, 1.54) is 6.92 Å². The molecule has 0 aliphatic heterocycles. The molecule has 0 saturated carbocycles. The van der Waals surface area contributed by atoms with Gasteiger partial charge in [-0.05, 0) is 19.8 Å². The summed E-state index contributed by atoms with van der Waals surface area (Å²) in [5, 5.41) is 17.1. The number of nitrogens with zero attached hydrogens (tertiary/aromatic N) is 1. The molecule has 0 spiro atoms. The maximum absolute atomic E-state index is 10.9. The molecule has 0 aromatic carbocycles. The van der Waals surface area contributed by atoms with Crippen molar-refractivity contribution in [1.29, 1.82) is 5.26 Å². The van der Waals surface area contributed by atoms with Crippen molar-refractivity contribution in [2.45, 2.75) is 33.1 Å². The van der Waals surface area contributed by atoms with Gasteiger partial charge in [-0.1, -0.05) is 6.92 Å². The van der Waals surface area contributed by atoms with E-state index >= 15 is 0 Å². The topological polar surface area (TPSA) is 78.2 Å². The Morgan fingerprint density at radius 3 is 2.43 bits per heavy atom. The lowest BCUT2D eigenvalue weighted by Gasteiger charge is -2.13. The van der Waals surface area contributed by atoms with Crippen molar-refractivity contribution in [2.75, 3.05) is 0 Å². The molecule has 0 radical (unpaired) electrons. The first-order chi connectivity index (χ1) is 6.49. The molecule has 78 valence electrons. The van der Waals surface area contributed by atoms with Crippen LogP contribution in [0.2, 0.25) is 0 Å². The standard InChI is InChI=1S/C10H15NO3/c1-7(8(2)12)6-9(10(13)14)4-3-5-11/h7,9H,3-4,6H2,1-2H3,(H,13,14). The van der Waals surface area contributed by atoms with Crippen molar-refractivity contribution in [1.82, 2.24) is 0 Å². The van der Waals surface area contributed by atoms with E-state index in [2.05, 4.69) is 0 Å². The number of rotatable bonds is 6. The molecule has 2 atom stereocenters. The maximum atomic E-state index is 10.9. The lowest BCUT2D eigenvalue weighted by Crippen LogP contribution is -2.19. The number of aliphatic carboxylic acids is 1. The smallest absolute Gasteiger partial charge is 0.306 e. The Kier molecular flexibility index (Phi) is 5.54. The summed E-state index contributed by atoms with van der Waals surface area (Å²) >= 11 is 0. The van der Waals surface area contributed by atoms with Crippen molar-refractivity contribution in [2.24, 2.45) is 11.8 Å². The second kappa shape index (κ2) is 6.14. The van der Waals surface area contributed by atoms with Crippen molar-refractivity contribution in [3.63, 3.8) is 0 Å². The minimum absolute atomic E-state index is 0.00629. The van der Waals surface area contributed by atoms with Gasteiger partial charge >= 0.3 is 5.97 Å². The Hall–Kier alpha value is -1.37. The highest BCUT2D eigenvalue weighted by Crippen LogP contribution is 2.18. The third-order valence-electron chi connectivity index (χ3n) is 2.29. The maximum Gasteiger partial charge on any atom is 0.306 e. The van der Waals surface area contributed by atoms with Gasteiger partial charge in [0.1, 0.15) is 5.78 Å². The van der Waals surface area contributed by atoms with Crippen LogP contribution in [0.1, 0.15) is 33.1 Å². The Labute approximate surface area is 83.5 Å². The van der Waals surface area contributed by atoms with Crippen molar-refractivity contribution in [3.05, 3.63) is 0 Å². The summed E-state index contributed by atoms with van der Waals surface area (Å²) in [5.74, 6) is -1.75. The lowest BCUT2D eigenvalue weighted by molar-refractivity contribution is -0.142. The van der Waals surface area contributed by atoms with E-state index in [0.717, 1.165) is 0 Å². The van der Waals surface area contributed by atoms with E-state index in [4.69, 9.17) is 10.4 Å². The number of nitriles is 1. The van der Waals surface area contributed by atoms with Gasteiger partial charge in [0.05, 0.1) is 12.0 Å². The Bertz CT molecular complexity index is 255. The van der Waals surface area contributed by atoms with Gasteiger partial charge in [0.2, 0.25) is 0 Å². The SMILES string of the molecule is CC(=O)C(C)CC(CCC#N)C(=O)O. The van der Waals surface area contributed by atoms with Gasteiger partial charge in [-0.2, -0.15) is 5.26 Å². The highest BCUT2D eigenvalue weighted by atomic mass is 16.4. The molecular weight excluding hydrogens is 182 g/mol. The van der Waals surface area contributed by atoms with Crippen LogP contribution < -0.4 is 0 Å². The molecule has 0 fully saturated rings. The first-order valence-corrected chi connectivity index (χ1v) is 4.59. The Morgan fingerprint density at radius 2 is 2.07 bits per heavy atom. The summed E-state index contributed by atoms with van der Waals surface area (Å²) in [6.45, 7) is 3.17. The van der Waals surface area contributed by atoms with Crippen LogP contribution in [0.4, 0.5) is 0 Å². The molecule has 0 aromatic rings. The fourth-order valence-corrected chi connectivity index (χ4v) is 1.17. The van der Waals surface area contributed by atoms with Crippen LogP contribution >= 0.6 is 0 Å². The largest absolute Gasteiger partial charge is 0.481 e. The average Bonchev–Trinajstić information content (AvgIpc) is 2.10. The molecule has 1 N–H and O–H groups in total. The van der Waals surface area contributed by atoms with Crippen LogP contribution in [0, 0.1) is 23.2 Å². The molecule has 4 nitrogen and oxygen atoms in total. The van der Waals surface area contributed by atoms with E-state index < -0.39 is 11.9 Å². The second-order valence-electron chi connectivity index (χ2n) is 3.48. The molecule has 0 bridgehead atoms. The van der Waals surface area contributed by atoms with E-state index in [-0.39, 0.29) is 18.1 Å². The molecule has 0 rings (SSSR count). The third kappa shape index (κ3) is 4.61. The van der Waals surface area contributed by atoms with Gasteiger partial charge in [-0.15, -0.1) is 0 Å². The summed E-state index contributed by atoms with van der Waals surface area (Å²) in [7, 11) is 0. The second-order valence-corrected chi connectivity index (χ2v) is 3.48. The van der Waals surface area contributed by atoms with Gasteiger partial charge < -0.3 is 5.11 Å². The van der Waals surface area contributed by atoms with E-state index in [1.54, 1.807) is 6.92 Å². The fourth-order valence-electron chi connectivity index (χ4n) is 1.17. The van der Waals surface area contributed by atoms with Crippen molar-refractivity contribution >= 4 is 11.8 Å². The number of hydrogen-bond acceptors (Lipinski definition) is 3. The van der Waals surface area contributed by atoms with Crippen LogP contribution in [0.3, 0.4) is 0 Å². The van der Waals surface area contributed by atoms with E-state index in [9.17, 15) is 9.59 Å². The zero-order valence-corrected chi connectivity index (χ0v) is 8.49. The zero-order valence-electron chi connectivity index (χ0n) is 8.49. The molecule has 0 aliphatic carbocycles. The highest BCUT2D eigenvalue weighted by molar-refractivity contribution is 5.79. The predicted molar refractivity (Wildman–Crippen MR) is 50.4 cm³/mol. The number of Topliss-reactive ketones (excluding diaryl/α,β-unsaturated/α-hetero) is 1. The van der Waals surface area contributed by atoms with Crippen LogP contribution in [0.25, 0.3) is 0 Å². The Morgan fingerprint density at radius 1 is 1.50 bits per heavy atom. The van der Waals surface area contributed by atoms with E-state index in [1.807, 2.05) is 6.07 Å². The Balaban J connectivity index is 4.17. The van der Waals surface area contributed by atoms with E-state index in [0.29, 0.717) is 12.8 Å².